The van der Waals surface area contributed by atoms with Crippen LogP contribution in [0, 0.1) is 5.41 Å². The van der Waals surface area contributed by atoms with E-state index in [1.807, 2.05) is 25.6 Å². The third-order valence-corrected chi connectivity index (χ3v) is 8.87. The summed E-state index contributed by atoms with van der Waals surface area (Å²) in [7, 11) is -3.12. The summed E-state index contributed by atoms with van der Waals surface area (Å²) >= 11 is 1.99. The third-order valence-electron chi connectivity index (χ3n) is 4.21. The zero-order valence-corrected chi connectivity index (χ0v) is 14.8. The standard InChI is InChI=1S/C14H28NO3PS/c1-5-17-19(16,18-6-2)12-13(3,4)11-20-14(15-12)9-7-8-10-14/h12,15H,5-11H2,1-4H3/t12-/m0/s1. The van der Waals surface area contributed by atoms with Crippen LogP contribution >= 0.6 is 19.4 Å². The van der Waals surface area contributed by atoms with Crippen molar-refractivity contribution in [3.8, 4) is 0 Å². The summed E-state index contributed by atoms with van der Waals surface area (Å²) in [4.78, 5) is 0.0874. The van der Waals surface area contributed by atoms with E-state index in [0.717, 1.165) is 18.6 Å². The topological polar surface area (TPSA) is 47.6 Å². The predicted molar refractivity (Wildman–Crippen MR) is 85.2 cm³/mol. The lowest BCUT2D eigenvalue weighted by Crippen LogP contribution is -2.57. The molecule has 1 N–H and O–H groups in total. The maximum absolute atomic E-state index is 13.2. The van der Waals surface area contributed by atoms with Gasteiger partial charge in [0.1, 0.15) is 5.78 Å². The quantitative estimate of drug-likeness (QED) is 0.769. The van der Waals surface area contributed by atoms with Gasteiger partial charge in [-0.3, -0.25) is 9.88 Å². The molecule has 0 radical (unpaired) electrons. The smallest absolute Gasteiger partial charge is 0.308 e. The van der Waals surface area contributed by atoms with E-state index in [-0.39, 0.29) is 16.1 Å². The summed E-state index contributed by atoms with van der Waals surface area (Å²) in [6.07, 6.45) is 4.81. The molecule has 0 bridgehead atoms. The zero-order chi connectivity index (χ0) is 14.9. The molecule has 1 aliphatic heterocycles. The highest BCUT2D eigenvalue weighted by Crippen LogP contribution is 2.62. The molecule has 1 aliphatic carbocycles. The molecule has 0 amide bonds. The van der Waals surface area contributed by atoms with Gasteiger partial charge in [-0.1, -0.05) is 26.7 Å². The second kappa shape index (κ2) is 6.29. The number of thioether (sulfide) groups is 1. The molecule has 0 aromatic carbocycles. The van der Waals surface area contributed by atoms with Crippen LogP contribution in [0.4, 0.5) is 0 Å². The van der Waals surface area contributed by atoms with E-state index in [2.05, 4.69) is 19.2 Å². The van der Waals surface area contributed by atoms with Crippen LogP contribution < -0.4 is 5.32 Å². The van der Waals surface area contributed by atoms with Crippen LogP contribution in [0.15, 0.2) is 0 Å². The molecule has 2 aliphatic rings. The van der Waals surface area contributed by atoms with E-state index in [0.29, 0.717) is 13.2 Å². The Labute approximate surface area is 127 Å². The summed E-state index contributed by atoms with van der Waals surface area (Å²) in [6.45, 7) is 8.91. The van der Waals surface area contributed by atoms with Crippen molar-refractivity contribution in [2.24, 2.45) is 5.41 Å². The molecule has 20 heavy (non-hydrogen) atoms. The summed E-state index contributed by atoms with van der Waals surface area (Å²) < 4.78 is 24.4. The molecule has 1 spiro atoms. The minimum atomic E-state index is -3.12. The maximum atomic E-state index is 13.2. The van der Waals surface area contributed by atoms with Crippen molar-refractivity contribution in [2.45, 2.75) is 64.0 Å². The molecule has 1 atom stereocenters. The maximum Gasteiger partial charge on any atom is 0.348 e. The van der Waals surface area contributed by atoms with Gasteiger partial charge in [-0.15, -0.1) is 11.8 Å². The SMILES string of the molecule is CCOP(=O)(OCC)[C@@H]1NC2(CCCC2)SCC1(C)C. The van der Waals surface area contributed by atoms with Crippen LogP contribution in [0.25, 0.3) is 0 Å². The van der Waals surface area contributed by atoms with Crippen molar-refractivity contribution in [1.29, 1.82) is 0 Å². The van der Waals surface area contributed by atoms with E-state index < -0.39 is 7.60 Å². The fourth-order valence-corrected chi connectivity index (χ4v) is 7.43. The molecule has 1 saturated carbocycles. The highest BCUT2D eigenvalue weighted by atomic mass is 32.2. The lowest BCUT2D eigenvalue weighted by Gasteiger charge is -2.49. The van der Waals surface area contributed by atoms with Crippen molar-refractivity contribution in [1.82, 2.24) is 5.32 Å². The summed E-state index contributed by atoms with van der Waals surface area (Å²) in [5.41, 5.74) is -0.0988. The molecule has 4 nitrogen and oxygen atoms in total. The molecule has 118 valence electrons. The van der Waals surface area contributed by atoms with Gasteiger partial charge in [0.15, 0.2) is 0 Å². The Balaban J connectivity index is 2.25. The van der Waals surface area contributed by atoms with Crippen LogP contribution in [0.1, 0.15) is 53.4 Å². The lowest BCUT2D eigenvalue weighted by molar-refractivity contribution is 0.171. The van der Waals surface area contributed by atoms with E-state index in [1.165, 1.54) is 12.8 Å². The average molecular weight is 321 g/mol. The first-order chi connectivity index (χ1) is 9.37. The molecule has 0 unspecified atom stereocenters. The fourth-order valence-electron chi connectivity index (χ4n) is 3.18. The number of rotatable bonds is 5. The molecular weight excluding hydrogens is 293 g/mol. The Morgan fingerprint density at radius 2 is 1.75 bits per heavy atom. The third kappa shape index (κ3) is 3.27. The predicted octanol–water partition coefficient (Wildman–Crippen LogP) is 4.21. The van der Waals surface area contributed by atoms with Gasteiger partial charge in [-0.2, -0.15) is 0 Å². The minimum Gasteiger partial charge on any atom is -0.308 e. The largest absolute Gasteiger partial charge is 0.348 e. The second-order valence-corrected chi connectivity index (χ2v) is 9.87. The molecule has 0 aromatic rings. The Hall–Kier alpha value is 0.460. The first-order valence-electron chi connectivity index (χ1n) is 7.68. The van der Waals surface area contributed by atoms with E-state index in [9.17, 15) is 4.57 Å². The average Bonchev–Trinajstić information content (AvgIpc) is 2.82. The van der Waals surface area contributed by atoms with Gasteiger partial charge in [0.05, 0.1) is 18.1 Å². The van der Waals surface area contributed by atoms with Crippen molar-refractivity contribution >= 4 is 19.4 Å². The van der Waals surface area contributed by atoms with Gasteiger partial charge >= 0.3 is 7.60 Å². The highest BCUT2D eigenvalue weighted by molar-refractivity contribution is 8.00. The monoisotopic (exact) mass is 321 g/mol. The van der Waals surface area contributed by atoms with Gasteiger partial charge < -0.3 is 9.05 Å². The summed E-state index contributed by atoms with van der Waals surface area (Å²) in [5, 5.41) is 3.68. The van der Waals surface area contributed by atoms with E-state index >= 15 is 0 Å². The second-order valence-electron chi connectivity index (χ2n) is 6.40. The van der Waals surface area contributed by atoms with Gasteiger partial charge in [-0.05, 0) is 26.7 Å². The van der Waals surface area contributed by atoms with Crippen LogP contribution in [0.5, 0.6) is 0 Å². The van der Waals surface area contributed by atoms with Crippen LogP contribution in [0.3, 0.4) is 0 Å². The number of nitrogens with one attached hydrogen (secondary N) is 1. The first kappa shape index (κ1) is 16.8. The molecule has 2 fully saturated rings. The Bertz CT molecular complexity index is 373. The molecule has 6 heteroatoms. The van der Waals surface area contributed by atoms with Gasteiger partial charge in [0.2, 0.25) is 0 Å². The number of hydrogen-bond donors (Lipinski definition) is 1. The molecule has 0 aromatic heterocycles. The summed E-state index contributed by atoms with van der Waals surface area (Å²) in [6, 6.07) is 0. The van der Waals surface area contributed by atoms with Gasteiger partial charge in [0, 0.05) is 11.2 Å². The normalized spacial score (nSPS) is 28.9. The van der Waals surface area contributed by atoms with E-state index in [1.54, 1.807) is 0 Å². The molecule has 1 heterocycles. The zero-order valence-electron chi connectivity index (χ0n) is 13.1. The Kier molecular flexibility index (Phi) is 5.29. The van der Waals surface area contributed by atoms with Crippen molar-refractivity contribution < 1.29 is 13.6 Å². The minimum absolute atomic E-state index is 0.0874. The molecular formula is C14H28NO3PS. The number of hydrogen-bond acceptors (Lipinski definition) is 5. The van der Waals surface area contributed by atoms with Crippen molar-refractivity contribution in [2.75, 3.05) is 19.0 Å². The molecule has 1 saturated heterocycles. The van der Waals surface area contributed by atoms with Gasteiger partial charge in [0.25, 0.3) is 0 Å². The van der Waals surface area contributed by atoms with Crippen molar-refractivity contribution in [3.05, 3.63) is 0 Å². The lowest BCUT2D eigenvalue weighted by atomic mass is 9.94. The first-order valence-corrected chi connectivity index (χ1v) is 10.3. The van der Waals surface area contributed by atoms with Crippen LogP contribution in [0.2, 0.25) is 0 Å². The van der Waals surface area contributed by atoms with E-state index in [4.69, 9.17) is 9.05 Å². The van der Waals surface area contributed by atoms with Crippen LogP contribution in [-0.4, -0.2) is 29.6 Å². The summed E-state index contributed by atoms with van der Waals surface area (Å²) in [5.74, 6) is 0.781. The molecule has 2 rings (SSSR count). The fraction of sp³-hybridized carbons (Fsp3) is 1.00. The van der Waals surface area contributed by atoms with Gasteiger partial charge in [-0.25, -0.2) is 0 Å². The van der Waals surface area contributed by atoms with Crippen LogP contribution in [-0.2, 0) is 13.6 Å². The Morgan fingerprint density at radius 1 is 1.20 bits per heavy atom. The Morgan fingerprint density at radius 3 is 2.25 bits per heavy atom. The van der Waals surface area contributed by atoms with Crippen molar-refractivity contribution in [3.63, 3.8) is 0 Å². The highest BCUT2D eigenvalue weighted by Gasteiger charge is 2.54.